The van der Waals surface area contributed by atoms with E-state index in [2.05, 4.69) is 63.0 Å². The van der Waals surface area contributed by atoms with E-state index in [1.165, 1.54) is 5.56 Å². The summed E-state index contributed by atoms with van der Waals surface area (Å²) in [5.74, 6) is 0.0304. The zero-order valence-electron chi connectivity index (χ0n) is 17.8. The molecule has 0 saturated carbocycles. The molecule has 4 aromatic rings. The van der Waals surface area contributed by atoms with E-state index in [1.54, 1.807) is 22.4 Å². The summed E-state index contributed by atoms with van der Waals surface area (Å²) in [7, 11) is 0. The van der Waals surface area contributed by atoms with E-state index in [1.807, 2.05) is 18.2 Å². The van der Waals surface area contributed by atoms with Gasteiger partial charge in [-0.3, -0.25) is 14.7 Å². The molecular weight excluding hydrogens is 390 g/mol. The Morgan fingerprint density at radius 2 is 1.80 bits per heavy atom. The quantitative estimate of drug-likeness (QED) is 0.420. The van der Waals surface area contributed by atoms with Crippen LogP contribution in [0.3, 0.4) is 0 Å². The Morgan fingerprint density at radius 3 is 2.57 bits per heavy atom. The second kappa shape index (κ2) is 8.36. The smallest absolute Gasteiger partial charge is 0.233 e. The van der Waals surface area contributed by atoms with Gasteiger partial charge in [0.25, 0.3) is 0 Å². The average molecular weight is 416 g/mol. The third-order valence-electron chi connectivity index (χ3n) is 5.24. The Balaban J connectivity index is 1.73. The summed E-state index contributed by atoms with van der Waals surface area (Å²) in [5.41, 5.74) is 7.48. The number of anilines is 1. The molecule has 5 heteroatoms. The standard InChI is InChI=1S/C25H25N3OS/c1-16-8-9-18(3)20(12-16)14-23(29)28(15-21-7-5-6-10-26-21)25-27-24-19(4)11-17(2)13-22(24)30-25/h5-13H,14-15H2,1-4H3. The summed E-state index contributed by atoms with van der Waals surface area (Å²) in [6.07, 6.45) is 2.10. The second-order valence-electron chi connectivity index (χ2n) is 7.83. The lowest BCUT2D eigenvalue weighted by Gasteiger charge is -2.20. The van der Waals surface area contributed by atoms with Crippen molar-refractivity contribution in [2.45, 2.75) is 40.7 Å². The topological polar surface area (TPSA) is 46.1 Å². The van der Waals surface area contributed by atoms with Gasteiger partial charge in [-0.2, -0.15) is 0 Å². The van der Waals surface area contributed by atoms with Gasteiger partial charge in [0, 0.05) is 6.20 Å². The van der Waals surface area contributed by atoms with Crippen LogP contribution in [0, 0.1) is 27.7 Å². The number of thiazole rings is 1. The number of benzene rings is 2. The molecule has 0 fully saturated rings. The van der Waals surface area contributed by atoms with Crippen molar-refractivity contribution in [1.82, 2.24) is 9.97 Å². The third-order valence-corrected chi connectivity index (χ3v) is 6.27. The summed E-state index contributed by atoms with van der Waals surface area (Å²) in [4.78, 5) is 24.5. The van der Waals surface area contributed by atoms with Crippen LogP contribution < -0.4 is 4.90 Å². The molecule has 2 aromatic heterocycles. The van der Waals surface area contributed by atoms with Gasteiger partial charge in [0.15, 0.2) is 5.13 Å². The van der Waals surface area contributed by atoms with Crippen LogP contribution in [0.1, 0.15) is 33.5 Å². The monoisotopic (exact) mass is 415 g/mol. The van der Waals surface area contributed by atoms with E-state index in [0.717, 1.165) is 43.3 Å². The summed E-state index contributed by atoms with van der Waals surface area (Å²) in [5, 5.41) is 0.722. The molecule has 0 aliphatic heterocycles. The maximum Gasteiger partial charge on any atom is 0.233 e. The number of fused-ring (bicyclic) bond motifs is 1. The fourth-order valence-corrected chi connectivity index (χ4v) is 4.80. The van der Waals surface area contributed by atoms with E-state index in [9.17, 15) is 4.79 Å². The van der Waals surface area contributed by atoms with E-state index < -0.39 is 0 Å². The summed E-state index contributed by atoms with van der Waals surface area (Å²) >= 11 is 1.57. The van der Waals surface area contributed by atoms with Gasteiger partial charge in [-0.25, -0.2) is 4.98 Å². The van der Waals surface area contributed by atoms with Crippen LogP contribution in [0.25, 0.3) is 10.2 Å². The van der Waals surface area contributed by atoms with Gasteiger partial charge < -0.3 is 0 Å². The molecule has 152 valence electrons. The highest BCUT2D eigenvalue weighted by Crippen LogP contribution is 2.33. The van der Waals surface area contributed by atoms with Crippen molar-refractivity contribution in [3.63, 3.8) is 0 Å². The van der Waals surface area contributed by atoms with E-state index in [0.29, 0.717) is 13.0 Å². The van der Waals surface area contributed by atoms with E-state index in [4.69, 9.17) is 4.98 Å². The van der Waals surface area contributed by atoms with Crippen molar-refractivity contribution in [1.29, 1.82) is 0 Å². The fourth-order valence-electron chi connectivity index (χ4n) is 3.64. The molecule has 4 nitrogen and oxygen atoms in total. The van der Waals surface area contributed by atoms with Gasteiger partial charge in [-0.1, -0.05) is 47.2 Å². The first-order valence-electron chi connectivity index (χ1n) is 10.0. The predicted molar refractivity (Wildman–Crippen MR) is 124 cm³/mol. The average Bonchev–Trinajstić information content (AvgIpc) is 3.13. The lowest BCUT2D eigenvalue weighted by atomic mass is 10.0. The van der Waals surface area contributed by atoms with E-state index in [-0.39, 0.29) is 5.91 Å². The minimum Gasteiger partial charge on any atom is -0.282 e. The van der Waals surface area contributed by atoms with Gasteiger partial charge in [-0.15, -0.1) is 0 Å². The molecule has 30 heavy (non-hydrogen) atoms. The molecule has 0 saturated heterocycles. The van der Waals surface area contributed by atoms with Crippen molar-refractivity contribution in [2.24, 2.45) is 0 Å². The molecule has 2 heterocycles. The lowest BCUT2D eigenvalue weighted by Crippen LogP contribution is -2.32. The predicted octanol–water partition coefficient (Wildman–Crippen LogP) is 5.70. The first-order valence-corrected chi connectivity index (χ1v) is 10.9. The molecule has 0 aliphatic carbocycles. The van der Waals surface area contributed by atoms with Crippen molar-refractivity contribution in [3.8, 4) is 0 Å². The molecule has 4 rings (SSSR count). The van der Waals surface area contributed by atoms with Gasteiger partial charge in [0.2, 0.25) is 5.91 Å². The molecule has 0 radical (unpaired) electrons. The van der Waals surface area contributed by atoms with Crippen LogP contribution in [0.4, 0.5) is 5.13 Å². The highest BCUT2D eigenvalue weighted by atomic mass is 32.1. The molecule has 0 bridgehead atoms. The van der Waals surface area contributed by atoms with Gasteiger partial charge in [0.05, 0.1) is 28.9 Å². The Bertz CT molecular complexity index is 1210. The Labute approximate surface area is 181 Å². The number of pyridine rings is 1. The SMILES string of the molecule is Cc1ccc(C)c(CC(=O)N(Cc2ccccn2)c2nc3c(C)cc(C)cc3s2)c1. The fraction of sp³-hybridized carbons (Fsp3) is 0.240. The molecular formula is C25H25N3OS. The maximum atomic E-state index is 13.5. The molecule has 2 aromatic carbocycles. The number of hydrogen-bond donors (Lipinski definition) is 0. The van der Waals surface area contributed by atoms with E-state index >= 15 is 0 Å². The zero-order valence-corrected chi connectivity index (χ0v) is 18.6. The number of carbonyl (C=O) groups excluding carboxylic acids is 1. The molecule has 0 aliphatic rings. The lowest BCUT2D eigenvalue weighted by molar-refractivity contribution is -0.118. The first-order chi connectivity index (χ1) is 14.4. The molecule has 0 N–H and O–H groups in total. The number of hydrogen-bond acceptors (Lipinski definition) is 4. The highest BCUT2D eigenvalue weighted by molar-refractivity contribution is 7.22. The first kappa shape index (κ1) is 20.2. The Kier molecular flexibility index (Phi) is 5.64. The molecule has 0 spiro atoms. The van der Waals surface area contributed by atoms with Crippen molar-refractivity contribution in [2.75, 3.05) is 4.90 Å². The minimum atomic E-state index is 0.0304. The van der Waals surface area contributed by atoms with Crippen LogP contribution in [-0.4, -0.2) is 15.9 Å². The normalized spacial score (nSPS) is 11.1. The van der Waals surface area contributed by atoms with Crippen LogP contribution in [0.2, 0.25) is 0 Å². The summed E-state index contributed by atoms with van der Waals surface area (Å²) < 4.78 is 1.10. The largest absolute Gasteiger partial charge is 0.282 e. The number of amides is 1. The van der Waals surface area contributed by atoms with Crippen LogP contribution in [-0.2, 0) is 17.8 Å². The second-order valence-corrected chi connectivity index (χ2v) is 8.84. The molecule has 0 unspecified atom stereocenters. The van der Waals surface area contributed by atoms with Crippen molar-refractivity contribution < 1.29 is 4.79 Å². The van der Waals surface area contributed by atoms with Crippen LogP contribution in [0.15, 0.2) is 54.7 Å². The Morgan fingerprint density at radius 1 is 0.967 bits per heavy atom. The summed E-state index contributed by atoms with van der Waals surface area (Å²) in [6, 6.07) is 16.3. The van der Waals surface area contributed by atoms with Crippen LogP contribution in [0.5, 0.6) is 0 Å². The number of aryl methyl sites for hydroxylation is 4. The third kappa shape index (κ3) is 4.26. The minimum absolute atomic E-state index is 0.0304. The number of aromatic nitrogens is 2. The van der Waals surface area contributed by atoms with Crippen molar-refractivity contribution in [3.05, 3.63) is 88.2 Å². The summed E-state index contributed by atoms with van der Waals surface area (Å²) in [6.45, 7) is 8.66. The van der Waals surface area contributed by atoms with Crippen LogP contribution >= 0.6 is 11.3 Å². The number of carbonyl (C=O) groups is 1. The number of nitrogens with zero attached hydrogens (tertiary/aromatic N) is 3. The highest BCUT2D eigenvalue weighted by Gasteiger charge is 2.22. The molecule has 1 amide bonds. The number of rotatable bonds is 5. The Hall–Kier alpha value is -3.05. The maximum absolute atomic E-state index is 13.5. The zero-order chi connectivity index (χ0) is 21.3. The van der Waals surface area contributed by atoms with Crippen molar-refractivity contribution >= 4 is 32.6 Å². The van der Waals surface area contributed by atoms with Gasteiger partial charge in [-0.05, 0) is 68.1 Å². The van der Waals surface area contributed by atoms with Gasteiger partial charge in [0.1, 0.15) is 0 Å². The van der Waals surface area contributed by atoms with Gasteiger partial charge >= 0.3 is 0 Å². The molecule has 0 atom stereocenters.